The molecule has 25 heavy (non-hydrogen) atoms. The molecule has 1 atom stereocenters. The Morgan fingerprint density at radius 1 is 1.08 bits per heavy atom. The first-order valence-corrected chi connectivity index (χ1v) is 8.50. The molecule has 0 N–H and O–H groups in total. The van der Waals surface area contributed by atoms with Crippen molar-refractivity contribution in [3.63, 3.8) is 0 Å². The number of methoxy groups -OCH3 is 2. The van der Waals surface area contributed by atoms with Gasteiger partial charge in [-0.15, -0.1) is 0 Å². The van der Waals surface area contributed by atoms with Gasteiger partial charge in [-0.1, -0.05) is 12.1 Å². The molecule has 0 saturated carbocycles. The van der Waals surface area contributed by atoms with Crippen molar-refractivity contribution in [2.45, 2.75) is 19.9 Å². The minimum absolute atomic E-state index is 0.0315. The number of fused-ring (bicyclic) bond motifs is 1. The van der Waals surface area contributed by atoms with Crippen molar-refractivity contribution < 1.29 is 14.3 Å². The van der Waals surface area contributed by atoms with Crippen LogP contribution in [0, 0.1) is 0 Å². The molecule has 5 nitrogen and oxygen atoms in total. The SMILES string of the molecule is CCN1c2ccccc2N(C(=O)c2ccc(OC)c(OC)c2)CC1C. The van der Waals surface area contributed by atoms with E-state index in [1.165, 1.54) is 0 Å². The summed E-state index contributed by atoms with van der Waals surface area (Å²) in [6.07, 6.45) is 0. The number of para-hydroxylation sites is 2. The van der Waals surface area contributed by atoms with E-state index in [4.69, 9.17) is 9.47 Å². The van der Waals surface area contributed by atoms with Crippen molar-refractivity contribution >= 4 is 17.3 Å². The Balaban J connectivity index is 2.00. The smallest absolute Gasteiger partial charge is 0.258 e. The summed E-state index contributed by atoms with van der Waals surface area (Å²) >= 11 is 0. The molecule has 1 aliphatic heterocycles. The minimum Gasteiger partial charge on any atom is -0.493 e. The highest BCUT2D eigenvalue weighted by molar-refractivity contribution is 6.08. The predicted octanol–water partition coefficient (Wildman–Crippen LogP) is 3.58. The van der Waals surface area contributed by atoms with Crippen LogP contribution in [0.15, 0.2) is 42.5 Å². The fourth-order valence-corrected chi connectivity index (χ4v) is 3.43. The average molecular weight is 340 g/mol. The number of benzene rings is 2. The van der Waals surface area contributed by atoms with Gasteiger partial charge in [-0.2, -0.15) is 0 Å². The Morgan fingerprint density at radius 2 is 1.76 bits per heavy atom. The van der Waals surface area contributed by atoms with Gasteiger partial charge in [0.25, 0.3) is 5.91 Å². The number of nitrogens with zero attached hydrogens (tertiary/aromatic N) is 2. The zero-order valence-corrected chi connectivity index (χ0v) is 15.2. The number of carbonyl (C=O) groups is 1. The Labute approximate surface area is 148 Å². The highest BCUT2D eigenvalue weighted by atomic mass is 16.5. The van der Waals surface area contributed by atoms with Gasteiger partial charge in [0.2, 0.25) is 0 Å². The monoisotopic (exact) mass is 340 g/mol. The van der Waals surface area contributed by atoms with Crippen LogP contribution in [-0.2, 0) is 0 Å². The number of likely N-dealkylation sites (N-methyl/N-ethyl adjacent to an activating group) is 1. The molecule has 0 aliphatic carbocycles. The van der Waals surface area contributed by atoms with Crippen LogP contribution in [0.5, 0.6) is 11.5 Å². The molecule has 1 heterocycles. The van der Waals surface area contributed by atoms with E-state index < -0.39 is 0 Å². The van der Waals surface area contributed by atoms with Gasteiger partial charge >= 0.3 is 0 Å². The van der Waals surface area contributed by atoms with Crippen molar-refractivity contribution in [3.8, 4) is 11.5 Å². The normalized spacial score (nSPS) is 16.4. The van der Waals surface area contributed by atoms with Crippen molar-refractivity contribution in [2.75, 3.05) is 37.1 Å². The lowest BCUT2D eigenvalue weighted by Gasteiger charge is -2.42. The van der Waals surface area contributed by atoms with Crippen LogP contribution < -0.4 is 19.3 Å². The number of hydrogen-bond donors (Lipinski definition) is 0. The van der Waals surface area contributed by atoms with E-state index in [1.807, 2.05) is 23.1 Å². The molecule has 132 valence electrons. The highest BCUT2D eigenvalue weighted by Gasteiger charge is 2.31. The molecule has 0 bridgehead atoms. The minimum atomic E-state index is -0.0315. The van der Waals surface area contributed by atoms with Gasteiger partial charge in [0, 0.05) is 24.7 Å². The number of rotatable bonds is 4. The first kappa shape index (κ1) is 17.1. The molecule has 0 spiro atoms. The lowest BCUT2D eigenvalue weighted by Crippen LogP contribution is -2.49. The molecule has 2 aromatic carbocycles. The lowest BCUT2D eigenvalue weighted by molar-refractivity contribution is 0.0984. The fraction of sp³-hybridized carbons (Fsp3) is 0.350. The molecule has 1 amide bonds. The van der Waals surface area contributed by atoms with Gasteiger partial charge in [-0.3, -0.25) is 4.79 Å². The van der Waals surface area contributed by atoms with Gasteiger partial charge < -0.3 is 19.3 Å². The van der Waals surface area contributed by atoms with E-state index in [-0.39, 0.29) is 11.9 Å². The zero-order chi connectivity index (χ0) is 18.0. The van der Waals surface area contributed by atoms with E-state index in [0.29, 0.717) is 23.6 Å². The van der Waals surface area contributed by atoms with Crippen LogP contribution in [-0.4, -0.2) is 39.3 Å². The topological polar surface area (TPSA) is 42.0 Å². The summed E-state index contributed by atoms with van der Waals surface area (Å²) in [4.78, 5) is 17.4. The van der Waals surface area contributed by atoms with E-state index in [1.54, 1.807) is 32.4 Å². The first-order chi connectivity index (χ1) is 12.1. The van der Waals surface area contributed by atoms with Gasteiger partial charge in [0.05, 0.1) is 25.6 Å². The standard InChI is InChI=1S/C20H24N2O3/c1-5-21-14(2)13-22(17-9-7-6-8-16(17)21)20(23)15-10-11-18(24-3)19(12-15)25-4/h6-12,14H,5,13H2,1-4H3. The summed E-state index contributed by atoms with van der Waals surface area (Å²) in [5.74, 6) is 1.14. The van der Waals surface area contributed by atoms with Gasteiger partial charge in [0.1, 0.15) is 0 Å². The molecule has 0 aromatic heterocycles. The lowest BCUT2D eigenvalue weighted by atomic mass is 10.1. The van der Waals surface area contributed by atoms with Crippen molar-refractivity contribution in [1.29, 1.82) is 0 Å². The molecule has 3 rings (SSSR count). The number of anilines is 2. The second-order valence-electron chi connectivity index (χ2n) is 6.11. The fourth-order valence-electron chi connectivity index (χ4n) is 3.43. The Kier molecular flexibility index (Phi) is 4.83. The van der Waals surface area contributed by atoms with Crippen LogP contribution in [0.1, 0.15) is 24.2 Å². The first-order valence-electron chi connectivity index (χ1n) is 8.50. The Morgan fingerprint density at radius 3 is 2.40 bits per heavy atom. The number of amides is 1. The van der Waals surface area contributed by atoms with E-state index in [9.17, 15) is 4.79 Å². The Bertz CT molecular complexity index is 775. The Hall–Kier alpha value is -2.69. The maximum atomic E-state index is 13.2. The van der Waals surface area contributed by atoms with E-state index >= 15 is 0 Å². The van der Waals surface area contributed by atoms with E-state index in [2.05, 4.69) is 24.8 Å². The third kappa shape index (κ3) is 3.02. The van der Waals surface area contributed by atoms with Crippen LogP contribution in [0.3, 0.4) is 0 Å². The molecule has 0 saturated heterocycles. The van der Waals surface area contributed by atoms with Gasteiger partial charge in [-0.25, -0.2) is 0 Å². The van der Waals surface area contributed by atoms with Crippen molar-refractivity contribution in [2.24, 2.45) is 0 Å². The summed E-state index contributed by atoms with van der Waals surface area (Å²) in [5, 5.41) is 0. The molecule has 0 fully saturated rings. The maximum absolute atomic E-state index is 13.2. The molecule has 5 heteroatoms. The predicted molar refractivity (Wildman–Crippen MR) is 100 cm³/mol. The van der Waals surface area contributed by atoms with E-state index in [0.717, 1.165) is 17.9 Å². The maximum Gasteiger partial charge on any atom is 0.258 e. The summed E-state index contributed by atoms with van der Waals surface area (Å²) in [7, 11) is 3.16. The third-order valence-electron chi connectivity index (χ3n) is 4.68. The second-order valence-corrected chi connectivity index (χ2v) is 6.11. The summed E-state index contributed by atoms with van der Waals surface area (Å²) in [5.41, 5.74) is 2.63. The molecular weight excluding hydrogens is 316 g/mol. The van der Waals surface area contributed by atoms with Gasteiger partial charge in [0.15, 0.2) is 11.5 Å². The summed E-state index contributed by atoms with van der Waals surface area (Å²) in [6.45, 7) is 5.85. The van der Waals surface area contributed by atoms with Crippen LogP contribution in [0.25, 0.3) is 0 Å². The van der Waals surface area contributed by atoms with Crippen LogP contribution in [0.4, 0.5) is 11.4 Å². The molecule has 2 aromatic rings. The highest BCUT2D eigenvalue weighted by Crippen LogP contribution is 2.36. The van der Waals surface area contributed by atoms with Crippen LogP contribution >= 0.6 is 0 Å². The number of hydrogen-bond acceptors (Lipinski definition) is 4. The molecular formula is C20H24N2O3. The summed E-state index contributed by atoms with van der Waals surface area (Å²) < 4.78 is 10.6. The van der Waals surface area contributed by atoms with Crippen molar-refractivity contribution in [3.05, 3.63) is 48.0 Å². The molecule has 0 radical (unpaired) electrons. The van der Waals surface area contributed by atoms with Crippen LogP contribution in [0.2, 0.25) is 0 Å². The van der Waals surface area contributed by atoms with Gasteiger partial charge in [-0.05, 0) is 44.2 Å². The average Bonchev–Trinajstić information content (AvgIpc) is 2.66. The van der Waals surface area contributed by atoms with Crippen molar-refractivity contribution in [1.82, 2.24) is 0 Å². The number of carbonyl (C=O) groups excluding carboxylic acids is 1. The second kappa shape index (κ2) is 7.05. The quantitative estimate of drug-likeness (QED) is 0.853. The third-order valence-corrected chi connectivity index (χ3v) is 4.68. The molecule has 1 unspecified atom stereocenters. The number of ether oxygens (including phenoxy) is 2. The molecule has 1 aliphatic rings. The summed E-state index contributed by atoms with van der Waals surface area (Å²) in [6, 6.07) is 13.6. The zero-order valence-electron chi connectivity index (χ0n) is 15.2. The largest absolute Gasteiger partial charge is 0.493 e.